The van der Waals surface area contributed by atoms with Crippen molar-refractivity contribution in [2.24, 2.45) is 5.92 Å². The Hall–Kier alpha value is -3.81. The maximum absolute atomic E-state index is 12.5. The molecule has 1 aliphatic carbocycles. The highest BCUT2D eigenvalue weighted by Gasteiger charge is 2.31. The summed E-state index contributed by atoms with van der Waals surface area (Å²) in [4.78, 5) is 37.9. The molecule has 0 unspecified atom stereocenters. The van der Waals surface area contributed by atoms with Crippen molar-refractivity contribution in [3.8, 4) is 11.1 Å². The monoisotopic (exact) mass is 478 g/mol. The molecular formula is C27H30N2O6. The number of fused-ring (bicyclic) bond motifs is 3. The first kappa shape index (κ1) is 24.3. The highest BCUT2D eigenvalue weighted by Crippen LogP contribution is 2.44. The van der Waals surface area contributed by atoms with Gasteiger partial charge >= 0.3 is 18.2 Å². The van der Waals surface area contributed by atoms with E-state index in [1.165, 1.54) is 6.08 Å². The molecule has 8 heteroatoms. The lowest BCUT2D eigenvalue weighted by atomic mass is 9.90. The minimum absolute atomic E-state index is 0.0634. The summed E-state index contributed by atoms with van der Waals surface area (Å²) in [5, 5.41) is 12.2. The van der Waals surface area contributed by atoms with Gasteiger partial charge < -0.3 is 24.8 Å². The van der Waals surface area contributed by atoms with Gasteiger partial charge in [-0.1, -0.05) is 61.2 Å². The van der Waals surface area contributed by atoms with Gasteiger partial charge in [-0.05, 0) is 47.4 Å². The molecule has 1 saturated heterocycles. The molecule has 1 heterocycles. The van der Waals surface area contributed by atoms with Crippen molar-refractivity contribution in [2.75, 3.05) is 26.3 Å². The zero-order chi connectivity index (χ0) is 24.8. The van der Waals surface area contributed by atoms with Gasteiger partial charge in [-0.2, -0.15) is 0 Å². The van der Waals surface area contributed by atoms with Crippen LogP contribution in [0.2, 0.25) is 0 Å². The molecule has 8 nitrogen and oxygen atoms in total. The number of rotatable bonds is 8. The van der Waals surface area contributed by atoms with Crippen LogP contribution in [-0.4, -0.2) is 60.5 Å². The number of carboxylic acid groups (broad SMARTS) is 1. The van der Waals surface area contributed by atoms with Crippen LogP contribution in [0.3, 0.4) is 0 Å². The maximum Gasteiger partial charge on any atom is 0.410 e. The molecule has 2 N–H and O–H groups in total. The standard InChI is InChI=1S/C27H30N2O6/c1-2-15-34-27(33)29-13-11-18(12-14-29)16-24(25(30)31)28-26(32)35-17-23-21-9-5-3-7-19(21)20-8-4-6-10-22(20)23/h2-10,18,23-24H,1,11-17H2,(H,28,32)(H,30,31)/t24-/m0/s1. The quantitative estimate of drug-likeness (QED) is 0.545. The molecule has 0 aromatic heterocycles. The van der Waals surface area contributed by atoms with Crippen molar-refractivity contribution in [1.82, 2.24) is 10.2 Å². The van der Waals surface area contributed by atoms with E-state index >= 15 is 0 Å². The number of benzene rings is 2. The molecule has 184 valence electrons. The minimum Gasteiger partial charge on any atom is -0.480 e. The summed E-state index contributed by atoms with van der Waals surface area (Å²) in [5.74, 6) is -1.14. The molecule has 2 aromatic rings. The van der Waals surface area contributed by atoms with Gasteiger partial charge in [0, 0.05) is 19.0 Å². The van der Waals surface area contributed by atoms with Crippen molar-refractivity contribution in [3.05, 3.63) is 72.3 Å². The number of carbonyl (C=O) groups is 3. The van der Waals surface area contributed by atoms with Gasteiger partial charge in [0.05, 0.1) is 0 Å². The molecule has 4 rings (SSSR count). The van der Waals surface area contributed by atoms with Gasteiger partial charge in [-0.25, -0.2) is 14.4 Å². The van der Waals surface area contributed by atoms with Gasteiger partial charge in [0.1, 0.15) is 19.3 Å². The molecule has 0 saturated carbocycles. The molecule has 2 amide bonds. The van der Waals surface area contributed by atoms with E-state index in [4.69, 9.17) is 9.47 Å². The molecule has 2 aromatic carbocycles. The van der Waals surface area contributed by atoms with Crippen molar-refractivity contribution in [3.63, 3.8) is 0 Å². The third-order valence-electron chi connectivity index (χ3n) is 6.70. The van der Waals surface area contributed by atoms with Crippen LogP contribution in [-0.2, 0) is 14.3 Å². The number of aliphatic carboxylic acids is 1. The number of piperidine rings is 1. The van der Waals surface area contributed by atoms with Crippen molar-refractivity contribution >= 4 is 18.2 Å². The predicted molar refractivity (Wildman–Crippen MR) is 130 cm³/mol. The number of nitrogens with zero attached hydrogens (tertiary/aromatic N) is 1. The Kier molecular flexibility index (Phi) is 7.70. The second-order valence-corrected chi connectivity index (χ2v) is 8.89. The lowest BCUT2D eigenvalue weighted by molar-refractivity contribution is -0.140. The Morgan fingerprint density at radius 1 is 1.03 bits per heavy atom. The highest BCUT2D eigenvalue weighted by molar-refractivity contribution is 5.81. The Balaban J connectivity index is 1.30. The number of hydrogen-bond acceptors (Lipinski definition) is 5. The van der Waals surface area contributed by atoms with Gasteiger partial charge in [0.25, 0.3) is 0 Å². The number of likely N-dealkylation sites (tertiary alicyclic amines) is 1. The van der Waals surface area contributed by atoms with Crippen molar-refractivity contribution < 1.29 is 29.0 Å². The molecule has 1 fully saturated rings. The van der Waals surface area contributed by atoms with E-state index in [0.717, 1.165) is 22.3 Å². The van der Waals surface area contributed by atoms with Crippen LogP contribution in [0.15, 0.2) is 61.2 Å². The summed E-state index contributed by atoms with van der Waals surface area (Å²) < 4.78 is 10.6. The van der Waals surface area contributed by atoms with E-state index in [1.54, 1.807) is 4.90 Å². The first-order valence-electron chi connectivity index (χ1n) is 11.8. The zero-order valence-electron chi connectivity index (χ0n) is 19.5. The van der Waals surface area contributed by atoms with E-state index in [-0.39, 0.29) is 31.5 Å². The summed E-state index contributed by atoms with van der Waals surface area (Å²) in [6, 6.07) is 15.0. The van der Waals surface area contributed by atoms with Crippen LogP contribution >= 0.6 is 0 Å². The third-order valence-corrected chi connectivity index (χ3v) is 6.70. The number of amides is 2. The van der Waals surface area contributed by atoms with Gasteiger partial charge in [0.15, 0.2) is 0 Å². The van der Waals surface area contributed by atoms with Crippen LogP contribution in [0.5, 0.6) is 0 Å². The number of nitrogens with one attached hydrogen (secondary N) is 1. The Morgan fingerprint density at radius 2 is 1.63 bits per heavy atom. The largest absolute Gasteiger partial charge is 0.480 e. The summed E-state index contributed by atoms with van der Waals surface area (Å²) in [6.45, 7) is 4.77. The second kappa shape index (κ2) is 11.1. The topological polar surface area (TPSA) is 105 Å². The van der Waals surface area contributed by atoms with Gasteiger partial charge in [-0.3, -0.25) is 0 Å². The fourth-order valence-corrected chi connectivity index (χ4v) is 4.91. The molecule has 2 aliphatic rings. The molecule has 35 heavy (non-hydrogen) atoms. The number of hydrogen-bond donors (Lipinski definition) is 2. The highest BCUT2D eigenvalue weighted by atomic mass is 16.6. The normalized spacial score (nSPS) is 16.1. The predicted octanol–water partition coefficient (Wildman–Crippen LogP) is 4.40. The second-order valence-electron chi connectivity index (χ2n) is 8.89. The SMILES string of the molecule is C=CCOC(=O)N1CCC(C[C@H](NC(=O)OCC2c3ccccc3-c3ccccc32)C(=O)O)CC1. The smallest absolute Gasteiger partial charge is 0.410 e. The van der Waals surface area contributed by atoms with E-state index in [1.807, 2.05) is 36.4 Å². The zero-order valence-corrected chi connectivity index (χ0v) is 19.5. The molecule has 1 aliphatic heterocycles. The van der Waals surface area contributed by atoms with Crippen LogP contribution in [0, 0.1) is 5.92 Å². The number of alkyl carbamates (subject to hydrolysis) is 1. The van der Waals surface area contributed by atoms with Crippen molar-refractivity contribution in [2.45, 2.75) is 31.2 Å². The van der Waals surface area contributed by atoms with Gasteiger partial charge in [-0.15, -0.1) is 0 Å². The molecule has 0 bridgehead atoms. The number of carboxylic acids is 1. The summed E-state index contributed by atoms with van der Waals surface area (Å²) in [7, 11) is 0. The van der Waals surface area contributed by atoms with E-state index in [2.05, 4.69) is 24.0 Å². The average Bonchev–Trinajstić information content (AvgIpc) is 3.19. The molecule has 1 atom stereocenters. The van der Waals surface area contributed by atoms with Crippen LogP contribution in [0.1, 0.15) is 36.3 Å². The molecule has 0 radical (unpaired) electrons. The van der Waals surface area contributed by atoms with E-state index in [9.17, 15) is 19.5 Å². The van der Waals surface area contributed by atoms with Crippen LogP contribution in [0.4, 0.5) is 9.59 Å². The lowest BCUT2D eigenvalue weighted by Crippen LogP contribution is -2.45. The van der Waals surface area contributed by atoms with Crippen LogP contribution in [0.25, 0.3) is 11.1 Å². The Morgan fingerprint density at radius 3 is 2.20 bits per heavy atom. The summed E-state index contributed by atoms with van der Waals surface area (Å²) in [5.41, 5.74) is 4.43. The summed E-state index contributed by atoms with van der Waals surface area (Å²) in [6.07, 6.45) is 1.92. The fourth-order valence-electron chi connectivity index (χ4n) is 4.91. The fraction of sp³-hybridized carbons (Fsp3) is 0.370. The Bertz CT molecular complexity index is 1050. The number of carbonyl (C=O) groups excluding carboxylic acids is 2. The van der Waals surface area contributed by atoms with E-state index in [0.29, 0.717) is 25.9 Å². The first-order valence-corrected chi connectivity index (χ1v) is 11.8. The Labute approximate surface area is 204 Å². The molecular weight excluding hydrogens is 448 g/mol. The van der Waals surface area contributed by atoms with Crippen LogP contribution < -0.4 is 5.32 Å². The lowest BCUT2D eigenvalue weighted by Gasteiger charge is -2.32. The number of ether oxygens (including phenoxy) is 2. The minimum atomic E-state index is -1.11. The average molecular weight is 479 g/mol. The summed E-state index contributed by atoms with van der Waals surface area (Å²) >= 11 is 0. The first-order chi connectivity index (χ1) is 17.0. The molecule has 0 spiro atoms. The van der Waals surface area contributed by atoms with Gasteiger partial charge in [0.2, 0.25) is 0 Å². The van der Waals surface area contributed by atoms with Crippen molar-refractivity contribution in [1.29, 1.82) is 0 Å². The maximum atomic E-state index is 12.5. The third kappa shape index (κ3) is 5.65. The van der Waals surface area contributed by atoms with E-state index < -0.39 is 24.2 Å².